The van der Waals surface area contributed by atoms with Crippen LogP contribution in [0.1, 0.15) is 11.7 Å². The number of ether oxygens (including phenoxy) is 1. The van der Waals surface area contributed by atoms with Crippen LogP contribution >= 0.6 is 15.9 Å². The third kappa shape index (κ3) is 4.99. The first-order valence-electron chi connectivity index (χ1n) is 5.16. The zero-order valence-corrected chi connectivity index (χ0v) is 11.4. The Morgan fingerprint density at radius 1 is 1.47 bits per heavy atom. The highest BCUT2D eigenvalue weighted by molar-refractivity contribution is 9.09. The van der Waals surface area contributed by atoms with E-state index in [1.807, 2.05) is 30.3 Å². The molecule has 17 heavy (non-hydrogen) atoms. The largest absolute Gasteiger partial charge is 0.452 e. The van der Waals surface area contributed by atoms with Crippen molar-refractivity contribution in [3.63, 3.8) is 0 Å². The van der Waals surface area contributed by atoms with Crippen LogP contribution in [0.4, 0.5) is 0 Å². The van der Waals surface area contributed by atoms with E-state index in [0.717, 1.165) is 5.56 Å². The van der Waals surface area contributed by atoms with Gasteiger partial charge in [-0.1, -0.05) is 46.3 Å². The Balaban J connectivity index is 2.62. The lowest BCUT2D eigenvalue weighted by molar-refractivity contribution is -0.139. The van der Waals surface area contributed by atoms with E-state index in [4.69, 9.17) is 4.74 Å². The summed E-state index contributed by atoms with van der Waals surface area (Å²) in [5, 5.41) is 5.91. The van der Waals surface area contributed by atoms with E-state index < -0.39 is 5.97 Å². The van der Waals surface area contributed by atoms with Gasteiger partial charge < -0.3 is 9.75 Å². The standard InChI is InChI=1S/C12H15BrN2O2/c1-15(2)14-9-12(16)17-11(8-13)10-6-4-3-5-7-10/h3-7,9,11H,8H2,1-2H3/b14-9+. The van der Waals surface area contributed by atoms with Gasteiger partial charge in [0.2, 0.25) is 0 Å². The summed E-state index contributed by atoms with van der Waals surface area (Å²) >= 11 is 3.33. The number of rotatable bonds is 5. The molecule has 1 aromatic carbocycles. The fourth-order valence-electron chi connectivity index (χ4n) is 1.19. The van der Waals surface area contributed by atoms with Crippen molar-refractivity contribution in [1.82, 2.24) is 5.01 Å². The first-order valence-corrected chi connectivity index (χ1v) is 6.28. The predicted molar refractivity (Wildman–Crippen MR) is 71.2 cm³/mol. The molecule has 0 heterocycles. The lowest BCUT2D eigenvalue weighted by Crippen LogP contribution is -2.15. The first kappa shape index (κ1) is 13.7. The molecule has 0 spiro atoms. The maximum atomic E-state index is 11.5. The molecule has 0 amide bonds. The van der Waals surface area contributed by atoms with E-state index in [2.05, 4.69) is 21.0 Å². The summed E-state index contributed by atoms with van der Waals surface area (Å²) in [6, 6.07) is 9.58. The Labute approximate surface area is 109 Å². The van der Waals surface area contributed by atoms with E-state index in [0.29, 0.717) is 5.33 Å². The van der Waals surface area contributed by atoms with Gasteiger partial charge >= 0.3 is 5.97 Å². The number of carbonyl (C=O) groups excluding carboxylic acids is 1. The Hall–Kier alpha value is -1.36. The van der Waals surface area contributed by atoms with Crippen LogP contribution in [-0.2, 0) is 9.53 Å². The van der Waals surface area contributed by atoms with Crippen molar-refractivity contribution in [2.75, 3.05) is 19.4 Å². The molecule has 0 saturated carbocycles. The summed E-state index contributed by atoms with van der Waals surface area (Å²) in [6.45, 7) is 0. The van der Waals surface area contributed by atoms with E-state index in [1.54, 1.807) is 14.1 Å². The Morgan fingerprint density at radius 3 is 2.65 bits per heavy atom. The molecule has 0 aliphatic carbocycles. The normalized spacial score (nSPS) is 12.4. The number of hydrogen-bond donors (Lipinski definition) is 0. The lowest BCUT2D eigenvalue weighted by atomic mass is 10.1. The number of halogens is 1. The first-order chi connectivity index (χ1) is 8.13. The van der Waals surface area contributed by atoms with Crippen LogP contribution in [0, 0.1) is 0 Å². The number of esters is 1. The molecule has 0 fully saturated rings. The maximum Gasteiger partial charge on any atom is 0.351 e. The summed E-state index contributed by atoms with van der Waals surface area (Å²) in [6.07, 6.45) is 0.871. The van der Waals surface area contributed by atoms with Gasteiger partial charge in [-0.05, 0) is 5.56 Å². The Bertz CT molecular complexity index is 379. The molecular formula is C12H15BrN2O2. The zero-order valence-electron chi connectivity index (χ0n) is 9.84. The second-order valence-electron chi connectivity index (χ2n) is 3.58. The van der Waals surface area contributed by atoms with Crippen molar-refractivity contribution in [1.29, 1.82) is 0 Å². The van der Waals surface area contributed by atoms with E-state index in [1.165, 1.54) is 11.2 Å². The fraction of sp³-hybridized carbons (Fsp3) is 0.333. The van der Waals surface area contributed by atoms with Gasteiger partial charge in [-0.25, -0.2) is 4.79 Å². The molecule has 0 aliphatic heterocycles. The molecule has 1 atom stereocenters. The minimum absolute atomic E-state index is 0.294. The van der Waals surface area contributed by atoms with E-state index in [9.17, 15) is 4.79 Å². The summed E-state index contributed by atoms with van der Waals surface area (Å²) in [4.78, 5) is 11.5. The molecule has 0 saturated heterocycles. The topological polar surface area (TPSA) is 41.9 Å². The molecule has 4 nitrogen and oxygen atoms in total. The second-order valence-corrected chi connectivity index (χ2v) is 4.23. The van der Waals surface area contributed by atoms with E-state index in [-0.39, 0.29) is 6.10 Å². The van der Waals surface area contributed by atoms with Gasteiger partial charge in [0.1, 0.15) is 12.3 Å². The van der Waals surface area contributed by atoms with Crippen LogP contribution in [0.2, 0.25) is 0 Å². The molecule has 1 rings (SSSR count). The second kappa shape index (κ2) is 7.06. The smallest absolute Gasteiger partial charge is 0.351 e. The van der Waals surface area contributed by atoms with Crippen molar-refractivity contribution >= 4 is 28.1 Å². The molecule has 0 N–H and O–H groups in total. The minimum atomic E-state index is -0.452. The van der Waals surface area contributed by atoms with Crippen LogP contribution < -0.4 is 0 Å². The van der Waals surface area contributed by atoms with E-state index >= 15 is 0 Å². The van der Waals surface area contributed by atoms with Crippen LogP contribution in [-0.4, -0.2) is 36.6 Å². The van der Waals surface area contributed by atoms with Crippen molar-refractivity contribution < 1.29 is 9.53 Å². The van der Waals surface area contributed by atoms with Crippen LogP contribution in [0.3, 0.4) is 0 Å². The van der Waals surface area contributed by atoms with Gasteiger partial charge in [0.05, 0.1) is 0 Å². The van der Waals surface area contributed by atoms with Crippen molar-refractivity contribution in [3.8, 4) is 0 Å². The Morgan fingerprint density at radius 2 is 2.12 bits per heavy atom. The quantitative estimate of drug-likeness (QED) is 0.362. The highest BCUT2D eigenvalue weighted by Crippen LogP contribution is 2.19. The number of nitrogens with zero attached hydrogens (tertiary/aromatic N) is 2. The van der Waals surface area contributed by atoms with Gasteiger partial charge in [-0.3, -0.25) is 0 Å². The van der Waals surface area contributed by atoms with Crippen molar-refractivity contribution in [2.24, 2.45) is 5.10 Å². The molecule has 1 unspecified atom stereocenters. The number of alkyl halides is 1. The van der Waals surface area contributed by atoms with Crippen molar-refractivity contribution in [3.05, 3.63) is 35.9 Å². The Kier molecular flexibility index (Phi) is 5.69. The molecular weight excluding hydrogens is 284 g/mol. The number of benzene rings is 1. The average molecular weight is 299 g/mol. The predicted octanol–water partition coefficient (Wildman–Crippen LogP) is 2.21. The molecule has 0 bridgehead atoms. The number of hydrogen-bond acceptors (Lipinski definition) is 4. The van der Waals surface area contributed by atoms with Gasteiger partial charge in [-0.15, -0.1) is 0 Å². The third-order valence-electron chi connectivity index (χ3n) is 1.96. The van der Waals surface area contributed by atoms with Crippen molar-refractivity contribution in [2.45, 2.75) is 6.10 Å². The maximum absolute atomic E-state index is 11.5. The van der Waals surface area contributed by atoms with Crippen LogP contribution in [0.15, 0.2) is 35.4 Å². The number of hydrazone groups is 1. The number of carbonyl (C=O) groups is 1. The monoisotopic (exact) mass is 298 g/mol. The molecule has 92 valence electrons. The fourth-order valence-corrected chi connectivity index (χ4v) is 1.70. The van der Waals surface area contributed by atoms with Crippen LogP contribution in [0.25, 0.3) is 0 Å². The molecule has 5 heteroatoms. The highest BCUT2D eigenvalue weighted by Gasteiger charge is 2.13. The molecule has 0 radical (unpaired) electrons. The summed E-state index contributed by atoms with van der Waals surface area (Å²) in [5.41, 5.74) is 0.955. The minimum Gasteiger partial charge on any atom is -0.452 e. The summed E-state index contributed by atoms with van der Waals surface area (Å²) in [5.74, 6) is -0.452. The van der Waals surface area contributed by atoms with Gasteiger partial charge in [0, 0.05) is 19.4 Å². The lowest BCUT2D eigenvalue weighted by Gasteiger charge is -2.14. The molecule has 0 aromatic heterocycles. The summed E-state index contributed by atoms with van der Waals surface area (Å²) in [7, 11) is 3.48. The average Bonchev–Trinajstić information content (AvgIpc) is 2.34. The van der Waals surface area contributed by atoms with Gasteiger partial charge in [0.15, 0.2) is 0 Å². The zero-order chi connectivity index (χ0) is 12.7. The highest BCUT2D eigenvalue weighted by atomic mass is 79.9. The molecule has 1 aromatic rings. The molecule has 0 aliphatic rings. The SMILES string of the molecule is CN(C)/N=C/C(=O)OC(CBr)c1ccccc1. The summed E-state index contributed by atoms with van der Waals surface area (Å²) < 4.78 is 5.27. The van der Waals surface area contributed by atoms with Gasteiger partial charge in [0.25, 0.3) is 0 Å². The third-order valence-corrected chi connectivity index (χ3v) is 2.55. The van der Waals surface area contributed by atoms with Crippen LogP contribution in [0.5, 0.6) is 0 Å². The van der Waals surface area contributed by atoms with Gasteiger partial charge in [-0.2, -0.15) is 5.10 Å².